The number of amides is 12. The smallest absolute Gasteiger partial charge is 0.308 e. The fourth-order valence-corrected chi connectivity index (χ4v) is 10.4. The molecule has 29 heteroatoms. The highest BCUT2D eigenvalue weighted by atomic mass is 19.1. The molecule has 93 heavy (non-hydrogen) atoms. The second-order valence-corrected chi connectivity index (χ2v) is 23.8. The van der Waals surface area contributed by atoms with E-state index in [1.807, 2.05) is 20.8 Å². The molecule has 9 rings (SSSR count). The number of nitrogens with zero attached hydrogens (tertiary/aromatic N) is 3. The number of nitrogens with two attached hydrogens (primary N) is 1. The average molecular weight is 1300 g/mol. The lowest BCUT2D eigenvalue weighted by molar-refractivity contribution is -0.157. The SMILES string of the molecule is CC(C)(C)OC(=O)CCOCCCc1cccc2c1C(=O)N(C1CCC(=O)NC1=O)C2=O.CC(C)(C)OC(=O)CCOCCN.O=C(O)CCOCCCc1cccc2c1C(=O)N(C1CCC(=O)NC1=O)C2=O.O=C1CCC(N2C(=O)c3cccc(F)c3C2=O)C(=O)N1. The van der Waals surface area contributed by atoms with Crippen LogP contribution in [0, 0.1) is 5.82 Å². The minimum Gasteiger partial charge on any atom is -0.481 e. The molecule has 3 aromatic rings. The Bertz CT molecular complexity index is 3440. The number of ether oxygens (including phenoxy) is 5. The van der Waals surface area contributed by atoms with Crippen LogP contribution in [0.3, 0.4) is 0 Å². The molecule has 0 aromatic heterocycles. The summed E-state index contributed by atoms with van der Waals surface area (Å²) in [5.74, 6) is -9.18. The number of carbonyl (C=O) groups excluding carboxylic acids is 14. The molecule has 0 bridgehead atoms. The molecule has 3 atom stereocenters. The van der Waals surface area contributed by atoms with Crippen molar-refractivity contribution in [2.24, 2.45) is 5.73 Å². The summed E-state index contributed by atoms with van der Waals surface area (Å²) in [6.07, 6.45) is 2.96. The number of nitrogens with one attached hydrogen (secondary N) is 3. The van der Waals surface area contributed by atoms with E-state index in [0.717, 1.165) is 20.8 Å². The Morgan fingerprint density at radius 3 is 1.15 bits per heavy atom. The van der Waals surface area contributed by atoms with Gasteiger partial charge in [-0.1, -0.05) is 30.3 Å². The molecule has 0 spiro atoms. The molecule has 0 radical (unpaired) electrons. The molecule has 0 aliphatic carbocycles. The molecule has 28 nitrogen and oxygen atoms in total. The molecular weight excluding hydrogens is 1220 g/mol. The van der Waals surface area contributed by atoms with Gasteiger partial charge in [0, 0.05) is 39.0 Å². The van der Waals surface area contributed by atoms with E-state index >= 15 is 0 Å². The van der Waals surface area contributed by atoms with E-state index in [1.165, 1.54) is 12.1 Å². The van der Waals surface area contributed by atoms with Crippen LogP contribution in [-0.4, -0.2) is 184 Å². The van der Waals surface area contributed by atoms with Crippen LogP contribution in [0.5, 0.6) is 0 Å². The number of aliphatic carboxylic acids is 1. The number of carbonyl (C=O) groups is 15. The molecule has 6 heterocycles. The maximum Gasteiger partial charge on any atom is 0.308 e. The number of piperidine rings is 3. The summed E-state index contributed by atoms with van der Waals surface area (Å²) >= 11 is 0. The van der Waals surface area contributed by atoms with Gasteiger partial charge in [-0.15, -0.1) is 0 Å². The van der Waals surface area contributed by atoms with Crippen LogP contribution in [0.15, 0.2) is 54.6 Å². The number of carboxylic acid groups (broad SMARTS) is 1. The lowest BCUT2D eigenvalue weighted by Gasteiger charge is -2.27. The van der Waals surface area contributed by atoms with Gasteiger partial charge in [0.1, 0.15) is 35.1 Å². The molecule has 6 aliphatic rings. The van der Waals surface area contributed by atoms with E-state index < -0.39 is 112 Å². The number of esters is 2. The molecule has 500 valence electrons. The van der Waals surface area contributed by atoms with Crippen LogP contribution < -0.4 is 21.7 Å². The Labute approximate surface area is 534 Å². The largest absolute Gasteiger partial charge is 0.481 e. The first-order valence-corrected chi connectivity index (χ1v) is 30.2. The molecule has 3 fully saturated rings. The van der Waals surface area contributed by atoms with E-state index in [-0.39, 0.29) is 111 Å². The van der Waals surface area contributed by atoms with Gasteiger partial charge < -0.3 is 34.5 Å². The highest BCUT2D eigenvalue weighted by Gasteiger charge is 2.48. The predicted molar refractivity (Wildman–Crippen MR) is 321 cm³/mol. The van der Waals surface area contributed by atoms with E-state index in [4.69, 9.17) is 34.5 Å². The number of fused-ring (bicyclic) bond motifs is 3. The zero-order valence-electron chi connectivity index (χ0n) is 52.5. The number of carboxylic acids is 1. The molecule has 3 aromatic carbocycles. The summed E-state index contributed by atoms with van der Waals surface area (Å²) in [4.78, 5) is 182. The van der Waals surface area contributed by atoms with Crippen molar-refractivity contribution in [3.63, 3.8) is 0 Å². The van der Waals surface area contributed by atoms with E-state index in [0.29, 0.717) is 75.3 Å². The van der Waals surface area contributed by atoms with Crippen molar-refractivity contribution in [2.75, 3.05) is 46.2 Å². The van der Waals surface area contributed by atoms with Crippen molar-refractivity contribution in [1.29, 1.82) is 0 Å². The zero-order chi connectivity index (χ0) is 68.5. The van der Waals surface area contributed by atoms with E-state index in [9.17, 15) is 76.3 Å². The van der Waals surface area contributed by atoms with Gasteiger partial charge in [-0.25, -0.2) is 4.39 Å². The summed E-state index contributed by atoms with van der Waals surface area (Å²) in [7, 11) is 0. The van der Waals surface area contributed by atoms with Gasteiger partial charge in [0.05, 0.1) is 79.1 Å². The second-order valence-electron chi connectivity index (χ2n) is 23.8. The molecule has 6 aliphatic heterocycles. The van der Waals surface area contributed by atoms with Gasteiger partial charge in [-0.3, -0.25) is 103 Å². The molecule has 3 unspecified atom stereocenters. The van der Waals surface area contributed by atoms with Crippen LogP contribution >= 0.6 is 0 Å². The van der Waals surface area contributed by atoms with E-state index in [2.05, 4.69) is 16.0 Å². The summed E-state index contributed by atoms with van der Waals surface area (Å²) in [5.41, 5.74) is 6.36. The van der Waals surface area contributed by atoms with Crippen molar-refractivity contribution in [1.82, 2.24) is 30.7 Å². The van der Waals surface area contributed by atoms with Crippen LogP contribution in [0.25, 0.3) is 0 Å². The highest BCUT2D eigenvalue weighted by molar-refractivity contribution is 6.26. The Kier molecular flexibility index (Phi) is 25.7. The number of benzene rings is 3. The monoisotopic (exact) mass is 1300 g/mol. The first-order valence-electron chi connectivity index (χ1n) is 30.2. The quantitative estimate of drug-likeness (QED) is 0.0548. The fourth-order valence-electron chi connectivity index (χ4n) is 10.4. The van der Waals surface area contributed by atoms with Crippen molar-refractivity contribution in [3.8, 4) is 0 Å². The third-order valence-electron chi connectivity index (χ3n) is 14.5. The number of aryl methyl sites for hydroxylation is 2. The maximum atomic E-state index is 13.7. The third-order valence-corrected chi connectivity index (χ3v) is 14.5. The number of halogens is 1. The predicted octanol–water partition coefficient (Wildman–Crippen LogP) is 3.20. The first kappa shape index (κ1) is 72.7. The van der Waals surface area contributed by atoms with Gasteiger partial charge in [-0.05, 0) is 122 Å². The minimum atomic E-state index is -1.07. The highest BCUT2D eigenvalue weighted by Crippen LogP contribution is 2.33. The van der Waals surface area contributed by atoms with Gasteiger partial charge in [0.25, 0.3) is 35.4 Å². The standard InChI is InChI=1S/C23H28N2O7.C19H20N2O7.C13H9FN2O4.C9H19NO3/c1-23(2,3)32-18(27)11-13-31-12-5-7-14-6-4-8-15-19(14)22(30)25(21(15)29)16-9-10-17(26)24-20(16)28;22-14-7-6-13(17(25)20-14)21-18(26)12-5-1-3-11(16(12)19(21)27)4-2-9-28-10-8-15(23)24;14-7-3-1-2-6-10(7)13(20)16(12(6)19)8-4-5-9(17)15-11(8)18;1-9(2,3)13-8(11)4-6-12-7-5-10/h4,6,8,16H,5,7,9-13H2,1-3H3,(H,24,26,28);1,3,5,13H,2,4,6-10H2,(H,23,24)(H,20,22,25);1-3,8H,4-5H2,(H,15,17,18);4-7,10H2,1-3H3. The normalized spacial score (nSPS) is 18.5. The lowest BCUT2D eigenvalue weighted by atomic mass is 9.99. The van der Waals surface area contributed by atoms with Crippen molar-refractivity contribution in [3.05, 3.63) is 105 Å². The Morgan fingerprint density at radius 1 is 0.484 bits per heavy atom. The number of imide groups is 6. The lowest BCUT2D eigenvalue weighted by Crippen LogP contribution is -2.54. The van der Waals surface area contributed by atoms with Crippen molar-refractivity contribution >= 4 is 88.8 Å². The van der Waals surface area contributed by atoms with Gasteiger partial charge >= 0.3 is 17.9 Å². The molecular formula is C64H76FN7O21. The maximum absolute atomic E-state index is 13.7. The van der Waals surface area contributed by atoms with Crippen LogP contribution in [-0.2, 0) is 79.7 Å². The summed E-state index contributed by atoms with van der Waals surface area (Å²) < 4.78 is 39.7. The van der Waals surface area contributed by atoms with Crippen LogP contribution in [0.4, 0.5) is 4.39 Å². The Balaban J connectivity index is 0.000000206. The third kappa shape index (κ3) is 19.6. The number of hydrogen-bond acceptors (Lipinski definition) is 21. The number of hydrogen-bond donors (Lipinski definition) is 5. The zero-order valence-corrected chi connectivity index (χ0v) is 52.5. The number of rotatable bonds is 22. The average Bonchev–Trinajstić information content (AvgIpc) is 1.63. The summed E-state index contributed by atoms with van der Waals surface area (Å²) in [6, 6.07) is 10.7. The molecule has 6 N–H and O–H groups in total. The topological polar surface area (TPSA) is 394 Å². The molecule has 12 amide bonds. The minimum absolute atomic E-state index is 0.0340. The van der Waals surface area contributed by atoms with Crippen LogP contribution in [0.2, 0.25) is 0 Å². The fraction of sp³-hybridized carbons (Fsp3) is 0.484. The Morgan fingerprint density at radius 2 is 0.817 bits per heavy atom. The first-order chi connectivity index (χ1) is 43.9. The van der Waals surface area contributed by atoms with Gasteiger partial charge in [0.15, 0.2) is 0 Å². The van der Waals surface area contributed by atoms with Gasteiger partial charge in [0.2, 0.25) is 35.4 Å². The van der Waals surface area contributed by atoms with Gasteiger partial charge in [-0.2, -0.15) is 0 Å². The van der Waals surface area contributed by atoms with E-state index in [1.54, 1.807) is 57.2 Å². The van der Waals surface area contributed by atoms with Crippen molar-refractivity contribution in [2.45, 2.75) is 154 Å². The summed E-state index contributed by atoms with van der Waals surface area (Å²) in [5, 5.41) is 15.0. The Hall–Kier alpha value is -9.32. The molecule has 3 saturated heterocycles. The van der Waals surface area contributed by atoms with Crippen LogP contribution in [0.1, 0.15) is 185 Å². The molecule has 0 saturated carbocycles. The summed E-state index contributed by atoms with van der Waals surface area (Å²) in [6.45, 7) is 13.3. The van der Waals surface area contributed by atoms with Crippen molar-refractivity contribution < 1.29 is 105 Å². The second kappa shape index (κ2) is 32.8.